The van der Waals surface area contributed by atoms with Gasteiger partial charge in [0.15, 0.2) is 0 Å². The Kier molecular flexibility index (Phi) is 6.37. The molecule has 0 unspecified atom stereocenters. The summed E-state index contributed by atoms with van der Waals surface area (Å²) in [5.41, 5.74) is 0.684. The highest BCUT2D eigenvalue weighted by Gasteiger charge is 2.36. The van der Waals surface area contributed by atoms with Crippen LogP contribution in [0.25, 0.3) is 0 Å². The monoisotopic (exact) mass is 405 g/mol. The number of nitrogens with zero attached hydrogens (tertiary/aromatic N) is 1. The molecule has 1 amide bonds. The van der Waals surface area contributed by atoms with E-state index < -0.39 is 23.2 Å². The van der Waals surface area contributed by atoms with Crippen LogP contribution >= 0.6 is 0 Å². The lowest BCUT2D eigenvalue weighted by Crippen LogP contribution is -2.41. The van der Waals surface area contributed by atoms with Crippen molar-refractivity contribution < 1.29 is 27.5 Å². The number of carbonyl (C=O) groups excluding carboxylic acids is 2. The Morgan fingerprint density at radius 2 is 1.66 bits per heavy atom. The third-order valence-corrected chi connectivity index (χ3v) is 4.80. The van der Waals surface area contributed by atoms with Crippen LogP contribution in [0.15, 0.2) is 42.5 Å². The molecule has 1 aliphatic rings. The van der Waals surface area contributed by atoms with E-state index in [-0.39, 0.29) is 37.3 Å². The van der Waals surface area contributed by atoms with Crippen LogP contribution in [0.5, 0.6) is 0 Å². The van der Waals surface area contributed by atoms with Gasteiger partial charge in [-0.05, 0) is 30.2 Å². The van der Waals surface area contributed by atoms with Gasteiger partial charge in [-0.1, -0.05) is 35.9 Å². The average molecular weight is 405 g/mol. The molecule has 7 heteroatoms. The van der Waals surface area contributed by atoms with Crippen molar-refractivity contribution in [1.29, 1.82) is 0 Å². The number of amides is 1. The van der Waals surface area contributed by atoms with Crippen LogP contribution in [0.3, 0.4) is 0 Å². The molecule has 4 nitrogen and oxygen atoms in total. The summed E-state index contributed by atoms with van der Waals surface area (Å²) < 4.78 is 46.0. The second-order valence-corrected chi connectivity index (χ2v) is 7.16. The highest BCUT2D eigenvalue weighted by molar-refractivity contribution is 5.96. The second kappa shape index (κ2) is 8.78. The molecule has 1 fully saturated rings. The van der Waals surface area contributed by atoms with Gasteiger partial charge in [-0.3, -0.25) is 9.59 Å². The van der Waals surface area contributed by atoms with Crippen molar-refractivity contribution in [2.75, 3.05) is 26.3 Å². The molecule has 0 aliphatic carbocycles. The van der Waals surface area contributed by atoms with Crippen LogP contribution in [0.4, 0.5) is 13.2 Å². The Bertz CT molecular complexity index is 902. The summed E-state index contributed by atoms with van der Waals surface area (Å²) in [5.74, 6) is -0.853. The summed E-state index contributed by atoms with van der Waals surface area (Å²) >= 11 is 0. The number of alkyl halides is 3. The zero-order valence-corrected chi connectivity index (χ0v) is 16.1. The minimum atomic E-state index is -4.69. The molecule has 2 aromatic rings. The van der Waals surface area contributed by atoms with E-state index in [1.807, 2.05) is 31.2 Å². The molecule has 0 atom stereocenters. The first-order valence-corrected chi connectivity index (χ1v) is 9.38. The number of carbonyl (C=O) groups is 2. The third kappa shape index (κ3) is 5.44. The van der Waals surface area contributed by atoms with Crippen molar-refractivity contribution in [3.05, 3.63) is 70.3 Å². The third-order valence-electron chi connectivity index (χ3n) is 4.80. The number of aryl methyl sites for hydroxylation is 1. The van der Waals surface area contributed by atoms with E-state index in [0.29, 0.717) is 13.2 Å². The molecule has 2 aromatic carbocycles. The molecule has 1 aliphatic heterocycles. The van der Waals surface area contributed by atoms with Crippen LogP contribution in [0.1, 0.15) is 32.6 Å². The van der Waals surface area contributed by atoms with E-state index in [1.54, 1.807) is 0 Å². The van der Waals surface area contributed by atoms with Crippen LogP contribution in [0.2, 0.25) is 0 Å². The molecule has 0 radical (unpaired) electrons. The number of hydrogen-bond acceptors (Lipinski definition) is 3. The minimum absolute atomic E-state index is 0.122. The predicted octanol–water partition coefficient (Wildman–Crippen LogP) is 3.84. The highest BCUT2D eigenvalue weighted by Crippen LogP contribution is 2.33. The van der Waals surface area contributed by atoms with Crippen molar-refractivity contribution in [2.24, 2.45) is 0 Å². The normalized spacial score (nSPS) is 14.7. The molecule has 1 heterocycles. The SMILES string of the molecule is Cc1cccc(CC(=O)Cc2ccc(C(=O)N3CCOCC3)c(C(F)(F)F)c2)c1. The van der Waals surface area contributed by atoms with Gasteiger partial charge < -0.3 is 9.64 Å². The van der Waals surface area contributed by atoms with Crippen molar-refractivity contribution in [1.82, 2.24) is 4.90 Å². The van der Waals surface area contributed by atoms with Crippen molar-refractivity contribution in [3.8, 4) is 0 Å². The number of hydrogen-bond donors (Lipinski definition) is 0. The molecule has 0 aromatic heterocycles. The summed E-state index contributed by atoms with van der Waals surface area (Å²) in [6.45, 7) is 3.03. The second-order valence-electron chi connectivity index (χ2n) is 7.16. The Balaban J connectivity index is 1.80. The Morgan fingerprint density at radius 3 is 2.28 bits per heavy atom. The first kappa shape index (κ1) is 21.0. The van der Waals surface area contributed by atoms with Gasteiger partial charge in [-0.25, -0.2) is 0 Å². The summed E-state index contributed by atoms with van der Waals surface area (Å²) in [7, 11) is 0. The first-order chi connectivity index (χ1) is 13.7. The van der Waals surface area contributed by atoms with Gasteiger partial charge in [0.05, 0.1) is 24.3 Å². The van der Waals surface area contributed by atoms with Crippen molar-refractivity contribution >= 4 is 11.7 Å². The molecule has 0 saturated carbocycles. The Morgan fingerprint density at radius 1 is 1.00 bits per heavy atom. The lowest BCUT2D eigenvalue weighted by Gasteiger charge is -2.28. The fourth-order valence-corrected chi connectivity index (χ4v) is 3.40. The van der Waals surface area contributed by atoms with Crippen molar-refractivity contribution in [3.63, 3.8) is 0 Å². The number of rotatable bonds is 5. The standard InChI is InChI=1S/C22H22F3NO3/c1-15-3-2-4-16(11-15)12-18(27)13-17-5-6-19(20(14-17)22(23,24)25)21(28)26-7-9-29-10-8-26/h2-6,11,14H,7-10,12-13H2,1H3. The molecule has 154 valence electrons. The van der Waals surface area contributed by atoms with Crippen LogP contribution in [0, 0.1) is 6.92 Å². The zero-order chi connectivity index (χ0) is 21.0. The van der Waals surface area contributed by atoms with Crippen LogP contribution < -0.4 is 0 Å². The minimum Gasteiger partial charge on any atom is -0.378 e. The zero-order valence-electron chi connectivity index (χ0n) is 16.1. The van der Waals surface area contributed by atoms with E-state index in [2.05, 4.69) is 0 Å². The molecular formula is C22H22F3NO3. The smallest absolute Gasteiger partial charge is 0.378 e. The van der Waals surface area contributed by atoms with E-state index in [0.717, 1.165) is 17.2 Å². The van der Waals surface area contributed by atoms with Gasteiger partial charge in [0.25, 0.3) is 5.91 Å². The number of benzene rings is 2. The van der Waals surface area contributed by atoms with Gasteiger partial charge >= 0.3 is 6.18 Å². The maximum Gasteiger partial charge on any atom is 0.417 e. The van der Waals surface area contributed by atoms with Crippen molar-refractivity contribution in [2.45, 2.75) is 25.9 Å². The Labute approximate surface area is 167 Å². The van der Waals surface area contributed by atoms with Crippen LogP contribution in [-0.4, -0.2) is 42.9 Å². The molecule has 3 rings (SSSR count). The van der Waals surface area contributed by atoms with E-state index >= 15 is 0 Å². The Hall–Kier alpha value is -2.67. The molecule has 0 N–H and O–H groups in total. The predicted molar refractivity (Wildman–Crippen MR) is 102 cm³/mol. The molecular weight excluding hydrogens is 383 g/mol. The number of Topliss-reactive ketones (excluding diaryl/α,β-unsaturated/α-hetero) is 1. The fourth-order valence-electron chi connectivity index (χ4n) is 3.40. The lowest BCUT2D eigenvalue weighted by molar-refractivity contribution is -0.138. The van der Waals surface area contributed by atoms with Gasteiger partial charge in [-0.2, -0.15) is 13.2 Å². The molecule has 29 heavy (non-hydrogen) atoms. The molecule has 0 spiro atoms. The fraction of sp³-hybridized carbons (Fsp3) is 0.364. The van der Waals surface area contributed by atoms with Gasteiger partial charge in [-0.15, -0.1) is 0 Å². The lowest BCUT2D eigenvalue weighted by atomic mass is 9.97. The topological polar surface area (TPSA) is 46.6 Å². The molecule has 0 bridgehead atoms. The largest absolute Gasteiger partial charge is 0.417 e. The summed E-state index contributed by atoms with van der Waals surface area (Å²) in [4.78, 5) is 26.3. The van der Waals surface area contributed by atoms with Gasteiger partial charge in [0, 0.05) is 25.9 Å². The van der Waals surface area contributed by atoms with E-state index in [4.69, 9.17) is 4.74 Å². The average Bonchev–Trinajstić information content (AvgIpc) is 2.67. The van der Waals surface area contributed by atoms with E-state index in [9.17, 15) is 22.8 Å². The van der Waals surface area contributed by atoms with Crippen LogP contribution in [-0.2, 0) is 28.5 Å². The first-order valence-electron chi connectivity index (χ1n) is 9.38. The highest BCUT2D eigenvalue weighted by atomic mass is 19.4. The number of ether oxygens (including phenoxy) is 1. The van der Waals surface area contributed by atoms with E-state index in [1.165, 1.54) is 17.0 Å². The number of ketones is 1. The maximum absolute atomic E-state index is 13.6. The quantitative estimate of drug-likeness (QED) is 0.759. The number of halogens is 3. The van der Waals surface area contributed by atoms with Gasteiger partial charge in [0.2, 0.25) is 0 Å². The summed E-state index contributed by atoms with van der Waals surface area (Å²) in [5, 5.41) is 0. The maximum atomic E-state index is 13.6. The summed E-state index contributed by atoms with van der Waals surface area (Å²) in [6.07, 6.45) is -4.66. The summed E-state index contributed by atoms with van der Waals surface area (Å²) in [6, 6.07) is 11.0. The van der Waals surface area contributed by atoms with Gasteiger partial charge in [0.1, 0.15) is 5.78 Å². The number of morpholine rings is 1. The molecule has 1 saturated heterocycles.